The second-order valence-electron chi connectivity index (χ2n) is 6.68. The zero-order valence-corrected chi connectivity index (χ0v) is 15.6. The molecule has 0 saturated carbocycles. The predicted octanol–water partition coefficient (Wildman–Crippen LogP) is 1.94. The first-order valence-corrected chi connectivity index (χ1v) is 8.90. The molecule has 2 unspecified atom stereocenters. The average Bonchev–Trinajstić information content (AvgIpc) is 3.10. The van der Waals surface area contributed by atoms with Crippen molar-refractivity contribution in [2.45, 2.75) is 18.5 Å². The lowest BCUT2D eigenvalue weighted by Gasteiger charge is -2.27. The molecule has 3 N–H and O–H groups in total. The summed E-state index contributed by atoms with van der Waals surface area (Å²) in [5, 5.41) is 3.21. The highest BCUT2D eigenvalue weighted by Crippen LogP contribution is 2.35. The third kappa shape index (κ3) is 2.92. The summed E-state index contributed by atoms with van der Waals surface area (Å²) in [5.74, 6) is 1.14. The van der Waals surface area contributed by atoms with Gasteiger partial charge in [0, 0.05) is 22.9 Å². The Kier molecular flexibility index (Phi) is 4.49. The SMILES string of the molecule is COC(=O)C1Cc2c([nH]c3ccccc23)C(c2ccc(OC)c(OC)c2)[NH2+]1. The molecule has 0 aliphatic carbocycles. The maximum Gasteiger partial charge on any atom is 0.364 e. The van der Waals surface area contributed by atoms with Crippen LogP contribution < -0.4 is 14.8 Å². The molecule has 0 fully saturated rings. The third-order valence-corrected chi connectivity index (χ3v) is 5.28. The van der Waals surface area contributed by atoms with Crippen molar-refractivity contribution in [3.05, 3.63) is 59.3 Å². The van der Waals surface area contributed by atoms with E-state index in [9.17, 15) is 4.79 Å². The van der Waals surface area contributed by atoms with Crippen molar-refractivity contribution in [2.24, 2.45) is 0 Å². The Morgan fingerprint density at radius 2 is 1.85 bits per heavy atom. The van der Waals surface area contributed by atoms with E-state index in [4.69, 9.17) is 14.2 Å². The summed E-state index contributed by atoms with van der Waals surface area (Å²) in [5.41, 5.74) is 4.40. The van der Waals surface area contributed by atoms with Crippen LogP contribution in [0.2, 0.25) is 0 Å². The number of hydrogen-bond donors (Lipinski definition) is 2. The minimum atomic E-state index is -0.292. The van der Waals surface area contributed by atoms with E-state index in [1.54, 1.807) is 14.2 Å². The number of para-hydroxylation sites is 1. The van der Waals surface area contributed by atoms with Crippen LogP contribution in [0.1, 0.15) is 22.9 Å². The molecule has 2 heterocycles. The van der Waals surface area contributed by atoms with Gasteiger partial charge in [0.25, 0.3) is 0 Å². The molecule has 0 saturated heterocycles. The molecular weight excluding hydrogens is 344 g/mol. The van der Waals surface area contributed by atoms with E-state index >= 15 is 0 Å². The smallest absolute Gasteiger partial charge is 0.364 e. The minimum Gasteiger partial charge on any atom is -0.493 e. The largest absolute Gasteiger partial charge is 0.493 e. The Bertz CT molecular complexity index is 995. The average molecular weight is 367 g/mol. The number of carbonyl (C=O) groups excluding carboxylic acids is 1. The second-order valence-corrected chi connectivity index (χ2v) is 6.68. The van der Waals surface area contributed by atoms with Crippen molar-refractivity contribution in [3.63, 3.8) is 0 Å². The number of esters is 1. The topological polar surface area (TPSA) is 77.2 Å². The molecule has 3 aromatic rings. The van der Waals surface area contributed by atoms with E-state index < -0.39 is 0 Å². The van der Waals surface area contributed by atoms with Gasteiger partial charge in [-0.25, -0.2) is 4.79 Å². The van der Waals surface area contributed by atoms with Crippen molar-refractivity contribution in [3.8, 4) is 11.5 Å². The van der Waals surface area contributed by atoms with Crippen LogP contribution in [-0.2, 0) is 16.0 Å². The molecule has 6 nitrogen and oxygen atoms in total. The van der Waals surface area contributed by atoms with E-state index in [0.29, 0.717) is 17.9 Å². The Labute approximate surface area is 157 Å². The number of aromatic nitrogens is 1. The Morgan fingerprint density at radius 1 is 1.07 bits per heavy atom. The molecule has 1 aliphatic rings. The summed E-state index contributed by atoms with van der Waals surface area (Å²) in [4.78, 5) is 15.9. The quantitative estimate of drug-likeness (QED) is 0.691. The summed E-state index contributed by atoms with van der Waals surface area (Å²) in [6.45, 7) is 0. The van der Waals surface area contributed by atoms with Gasteiger partial charge < -0.3 is 24.5 Å². The summed E-state index contributed by atoms with van der Waals surface area (Å²) < 4.78 is 15.9. The molecule has 27 heavy (non-hydrogen) atoms. The molecule has 140 valence electrons. The van der Waals surface area contributed by atoms with Gasteiger partial charge >= 0.3 is 5.97 Å². The Morgan fingerprint density at radius 3 is 2.59 bits per heavy atom. The number of carbonyl (C=O) groups is 1. The van der Waals surface area contributed by atoms with Gasteiger partial charge in [0.05, 0.1) is 27.0 Å². The highest BCUT2D eigenvalue weighted by molar-refractivity contribution is 5.86. The van der Waals surface area contributed by atoms with E-state index in [0.717, 1.165) is 22.2 Å². The number of aromatic amines is 1. The molecule has 2 atom stereocenters. The molecule has 1 aromatic heterocycles. The van der Waals surface area contributed by atoms with Crippen molar-refractivity contribution in [1.82, 2.24) is 4.98 Å². The molecule has 0 amide bonds. The fourth-order valence-electron chi connectivity index (χ4n) is 3.96. The number of methoxy groups -OCH3 is 3. The number of quaternary nitrogens is 1. The molecule has 4 rings (SSSR count). The van der Waals surface area contributed by atoms with Crippen molar-refractivity contribution in [1.29, 1.82) is 0 Å². The van der Waals surface area contributed by atoms with Crippen LogP contribution in [0.3, 0.4) is 0 Å². The fourth-order valence-corrected chi connectivity index (χ4v) is 3.96. The number of nitrogens with two attached hydrogens (primary N) is 1. The summed E-state index contributed by atoms with van der Waals surface area (Å²) in [6, 6.07) is 13.7. The molecule has 0 bridgehead atoms. The van der Waals surface area contributed by atoms with Gasteiger partial charge in [-0.15, -0.1) is 0 Å². The highest BCUT2D eigenvalue weighted by Gasteiger charge is 2.38. The second kappa shape index (κ2) is 6.96. The lowest BCUT2D eigenvalue weighted by atomic mass is 9.90. The van der Waals surface area contributed by atoms with Crippen LogP contribution in [0.15, 0.2) is 42.5 Å². The van der Waals surface area contributed by atoms with Crippen molar-refractivity contribution < 1.29 is 24.3 Å². The van der Waals surface area contributed by atoms with E-state index in [2.05, 4.69) is 22.4 Å². The highest BCUT2D eigenvalue weighted by atomic mass is 16.5. The van der Waals surface area contributed by atoms with Crippen LogP contribution in [-0.4, -0.2) is 38.3 Å². The van der Waals surface area contributed by atoms with E-state index in [1.807, 2.05) is 30.3 Å². The van der Waals surface area contributed by atoms with Crippen LogP contribution in [0.4, 0.5) is 0 Å². The summed E-state index contributed by atoms with van der Waals surface area (Å²) in [6.07, 6.45) is 0.635. The fraction of sp³-hybridized carbons (Fsp3) is 0.286. The van der Waals surface area contributed by atoms with Crippen molar-refractivity contribution in [2.75, 3.05) is 21.3 Å². The normalized spacial score (nSPS) is 18.8. The number of benzene rings is 2. The predicted molar refractivity (Wildman–Crippen MR) is 101 cm³/mol. The lowest BCUT2D eigenvalue weighted by Crippen LogP contribution is -2.94. The summed E-state index contributed by atoms with van der Waals surface area (Å²) >= 11 is 0. The van der Waals surface area contributed by atoms with Gasteiger partial charge in [0.1, 0.15) is 0 Å². The van der Waals surface area contributed by atoms with Crippen molar-refractivity contribution >= 4 is 16.9 Å². The van der Waals surface area contributed by atoms with E-state index in [-0.39, 0.29) is 18.1 Å². The van der Waals surface area contributed by atoms with Gasteiger partial charge in [-0.05, 0) is 29.8 Å². The number of ether oxygens (including phenoxy) is 3. The van der Waals surface area contributed by atoms with Crippen LogP contribution in [0, 0.1) is 0 Å². The summed E-state index contributed by atoms with van der Waals surface area (Å²) in [7, 11) is 4.68. The molecule has 0 radical (unpaired) electrons. The number of rotatable bonds is 4. The van der Waals surface area contributed by atoms with Crippen LogP contribution >= 0.6 is 0 Å². The van der Waals surface area contributed by atoms with Gasteiger partial charge in [-0.1, -0.05) is 18.2 Å². The number of fused-ring (bicyclic) bond motifs is 3. The standard InChI is InChI=1S/C21H22N2O4/c1-25-17-9-8-12(10-18(17)26-2)19-20-14(11-16(23-19)21(24)27-3)13-6-4-5-7-15(13)22-20/h4-10,16,19,22-23H,11H2,1-3H3/p+1. The first-order chi connectivity index (χ1) is 13.2. The zero-order valence-electron chi connectivity index (χ0n) is 15.6. The zero-order chi connectivity index (χ0) is 19.0. The van der Waals surface area contributed by atoms with E-state index in [1.165, 1.54) is 12.7 Å². The van der Waals surface area contributed by atoms with Gasteiger partial charge in [0.2, 0.25) is 0 Å². The molecular formula is C21H23N2O4+. The Balaban J connectivity index is 1.86. The number of nitrogens with one attached hydrogen (secondary N) is 1. The maximum absolute atomic E-state index is 12.3. The third-order valence-electron chi connectivity index (χ3n) is 5.28. The van der Waals surface area contributed by atoms with Gasteiger partial charge in [-0.3, -0.25) is 0 Å². The molecule has 6 heteroatoms. The van der Waals surface area contributed by atoms with Gasteiger partial charge in [-0.2, -0.15) is 0 Å². The lowest BCUT2D eigenvalue weighted by molar-refractivity contribution is -0.712. The monoisotopic (exact) mass is 367 g/mol. The minimum absolute atomic E-state index is 0.0648. The van der Waals surface area contributed by atoms with Gasteiger partial charge in [0.15, 0.2) is 23.6 Å². The first kappa shape index (κ1) is 17.4. The number of H-pyrrole nitrogens is 1. The number of hydrogen-bond acceptors (Lipinski definition) is 4. The maximum atomic E-state index is 12.3. The molecule has 0 spiro atoms. The Hall–Kier alpha value is -2.99. The van der Waals surface area contributed by atoms with Crippen LogP contribution in [0.5, 0.6) is 11.5 Å². The van der Waals surface area contributed by atoms with Crippen LogP contribution in [0.25, 0.3) is 10.9 Å². The molecule has 1 aliphatic heterocycles. The molecule has 2 aromatic carbocycles. The first-order valence-electron chi connectivity index (χ1n) is 8.90.